The molecule has 0 spiro atoms. The van der Waals surface area contributed by atoms with Gasteiger partial charge in [0.25, 0.3) is 0 Å². The Morgan fingerprint density at radius 1 is 1.29 bits per heavy atom. The molecule has 2 aromatic rings. The van der Waals surface area contributed by atoms with E-state index >= 15 is 0 Å². The summed E-state index contributed by atoms with van der Waals surface area (Å²) in [7, 11) is 1.79. The highest BCUT2D eigenvalue weighted by molar-refractivity contribution is 7.99. The molecule has 0 saturated carbocycles. The van der Waals surface area contributed by atoms with E-state index in [1.54, 1.807) is 42.8 Å². The predicted molar refractivity (Wildman–Crippen MR) is 88.5 cm³/mol. The van der Waals surface area contributed by atoms with Crippen LogP contribution in [-0.2, 0) is 21.4 Å². The molecule has 8 nitrogen and oxygen atoms in total. The SMILES string of the molecule is CCOC(=O)CNC(=O)CSc1nnc(-c2ccc(O)cc2)n1C. The molecule has 0 radical (unpaired) electrons. The highest BCUT2D eigenvalue weighted by Gasteiger charge is 2.13. The number of carbonyl (C=O) groups excluding carboxylic acids is 2. The fourth-order valence-electron chi connectivity index (χ4n) is 1.87. The summed E-state index contributed by atoms with van der Waals surface area (Å²) < 4.78 is 6.49. The van der Waals surface area contributed by atoms with Crippen molar-refractivity contribution in [3.05, 3.63) is 24.3 Å². The Hall–Kier alpha value is -2.55. The first-order valence-corrected chi connectivity index (χ1v) is 8.23. The van der Waals surface area contributed by atoms with E-state index in [0.717, 1.165) is 5.56 Å². The second-order valence-electron chi connectivity index (χ2n) is 4.78. The maximum absolute atomic E-state index is 11.7. The van der Waals surface area contributed by atoms with E-state index in [-0.39, 0.29) is 30.6 Å². The lowest BCUT2D eigenvalue weighted by atomic mass is 10.2. The molecule has 1 heterocycles. The standard InChI is InChI=1S/C15H18N4O4S/c1-3-23-13(22)8-16-12(21)9-24-15-18-17-14(19(15)2)10-4-6-11(20)7-5-10/h4-7,20H,3,8-9H2,1-2H3,(H,16,21). The summed E-state index contributed by atoms with van der Waals surface area (Å²) in [6.45, 7) is 1.84. The lowest BCUT2D eigenvalue weighted by molar-refractivity contribution is -0.143. The molecule has 0 atom stereocenters. The number of aromatic hydroxyl groups is 1. The zero-order valence-electron chi connectivity index (χ0n) is 13.4. The Balaban J connectivity index is 1.91. The minimum Gasteiger partial charge on any atom is -0.508 e. The smallest absolute Gasteiger partial charge is 0.325 e. The van der Waals surface area contributed by atoms with Crippen LogP contribution in [0.2, 0.25) is 0 Å². The van der Waals surface area contributed by atoms with Crippen molar-refractivity contribution < 1.29 is 19.4 Å². The summed E-state index contributed by atoms with van der Waals surface area (Å²) in [5.74, 6) is 0.158. The summed E-state index contributed by atoms with van der Waals surface area (Å²) >= 11 is 1.21. The Morgan fingerprint density at radius 2 is 2.00 bits per heavy atom. The lowest BCUT2D eigenvalue weighted by Crippen LogP contribution is -2.31. The second kappa shape index (κ2) is 8.34. The minimum absolute atomic E-state index is 0.112. The first-order chi connectivity index (χ1) is 11.5. The lowest BCUT2D eigenvalue weighted by Gasteiger charge is -2.05. The molecule has 0 aliphatic heterocycles. The van der Waals surface area contributed by atoms with Gasteiger partial charge in [0, 0.05) is 12.6 Å². The molecule has 9 heteroatoms. The maximum Gasteiger partial charge on any atom is 0.325 e. The van der Waals surface area contributed by atoms with Gasteiger partial charge in [0.15, 0.2) is 11.0 Å². The van der Waals surface area contributed by atoms with Gasteiger partial charge in [-0.3, -0.25) is 9.59 Å². The van der Waals surface area contributed by atoms with Crippen LogP contribution in [-0.4, -0.2) is 50.7 Å². The van der Waals surface area contributed by atoms with Gasteiger partial charge >= 0.3 is 5.97 Å². The van der Waals surface area contributed by atoms with Gasteiger partial charge in [-0.2, -0.15) is 0 Å². The number of phenols is 1. The Labute approximate surface area is 143 Å². The quantitative estimate of drug-likeness (QED) is 0.566. The van der Waals surface area contributed by atoms with Crippen molar-refractivity contribution in [3.63, 3.8) is 0 Å². The van der Waals surface area contributed by atoms with Gasteiger partial charge in [-0.1, -0.05) is 11.8 Å². The van der Waals surface area contributed by atoms with Crippen LogP contribution < -0.4 is 5.32 Å². The van der Waals surface area contributed by atoms with Gasteiger partial charge in [0.1, 0.15) is 12.3 Å². The molecule has 0 bridgehead atoms. The molecule has 24 heavy (non-hydrogen) atoms. The molecule has 1 aromatic carbocycles. The summed E-state index contributed by atoms with van der Waals surface area (Å²) in [5, 5.41) is 20.5. The highest BCUT2D eigenvalue weighted by atomic mass is 32.2. The number of carbonyl (C=O) groups is 2. The summed E-state index contributed by atoms with van der Waals surface area (Å²) in [5.41, 5.74) is 0.807. The van der Waals surface area contributed by atoms with Crippen LogP contribution in [0.15, 0.2) is 29.4 Å². The number of hydrogen-bond acceptors (Lipinski definition) is 7. The van der Waals surface area contributed by atoms with E-state index in [2.05, 4.69) is 15.5 Å². The summed E-state index contributed by atoms with van der Waals surface area (Å²) in [6, 6.07) is 6.61. The van der Waals surface area contributed by atoms with E-state index in [4.69, 9.17) is 4.74 Å². The van der Waals surface area contributed by atoms with Crippen molar-refractivity contribution in [1.82, 2.24) is 20.1 Å². The number of esters is 1. The molecular formula is C15H18N4O4S. The molecular weight excluding hydrogens is 332 g/mol. The van der Waals surface area contributed by atoms with E-state index in [1.807, 2.05) is 0 Å². The number of thioether (sulfide) groups is 1. The number of benzene rings is 1. The molecule has 0 saturated heterocycles. The predicted octanol–water partition coefficient (Wildman–Crippen LogP) is 0.959. The van der Waals surface area contributed by atoms with E-state index in [9.17, 15) is 14.7 Å². The van der Waals surface area contributed by atoms with Crippen molar-refractivity contribution in [2.75, 3.05) is 18.9 Å². The van der Waals surface area contributed by atoms with Gasteiger partial charge in [-0.15, -0.1) is 10.2 Å². The van der Waals surface area contributed by atoms with Gasteiger partial charge < -0.3 is 19.7 Å². The van der Waals surface area contributed by atoms with E-state index in [0.29, 0.717) is 11.0 Å². The van der Waals surface area contributed by atoms with Crippen molar-refractivity contribution >= 4 is 23.6 Å². The Morgan fingerprint density at radius 3 is 2.67 bits per heavy atom. The molecule has 0 unspecified atom stereocenters. The molecule has 0 fully saturated rings. The van der Waals surface area contributed by atoms with Crippen LogP contribution >= 0.6 is 11.8 Å². The summed E-state index contributed by atoms with van der Waals surface area (Å²) in [4.78, 5) is 22.9. The van der Waals surface area contributed by atoms with Crippen LogP contribution in [0.1, 0.15) is 6.92 Å². The maximum atomic E-state index is 11.7. The molecule has 2 N–H and O–H groups in total. The van der Waals surface area contributed by atoms with Gasteiger partial charge in [0.05, 0.1) is 12.4 Å². The average molecular weight is 350 g/mol. The topological polar surface area (TPSA) is 106 Å². The van der Waals surface area contributed by atoms with Crippen LogP contribution in [0, 0.1) is 0 Å². The fraction of sp³-hybridized carbons (Fsp3) is 0.333. The molecule has 2 rings (SSSR count). The third-order valence-corrected chi connectivity index (χ3v) is 4.05. The van der Waals surface area contributed by atoms with Crippen molar-refractivity contribution in [3.8, 4) is 17.1 Å². The van der Waals surface area contributed by atoms with Gasteiger partial charge in [-0.05, 0) is 31.2 Å². The van der Waals surface area contributed by atoms with Crippen molar-refractivity contribution in [2.24, 2.45) is 7.05 Å². The number of hydrogen-bond donors (Lipinski definition) is 2. The van der Waals surface area contributed by atoms with Crippen LogP contribution in [0.25, 0.3) is 11.4 Å². The monoisotopic (exact) mass is 350 g/mol. The molecule has 128 valence electrons. The largest absolute Gasteiger partial charge is 0.508 e. The van der Waals surface area contributed by atoms with Crippen molar-refractivity contribution in [1.29, 1.82) is 0 Å². The minimum atomic E-state index is -0.468. The number of nitrogens with one attached hydrogen (secondary N) is 1. The zero-order valence-corrected chi connectivity index (χ0v) is 14.2. The Kier molecular flexibility index (Phi) is 6.19. The zero-order chi connectivity index (χ0) is 17.5. The highest BCUT2D eigenvalue weighted by Crippen LogP contribution is 2.23. The third-order valence-electron chi connectivity index (χ3n) is 3.03. The molecule has 1 amide bonds. The number of aromatic nitrogens is 3. The molecule has 0 aliphatic rings. The first kappa shape index (κ1) is 17.8. The summed E-state index contributed by atoms with van der Waals surface area (Å²) in [6.07, 6.45) is 0. The van der Waals surface area contributed by atoms with Crippen LogP contribution in [0.5, 0.6) is 5.75 Å². The number of phenolic OH excluding ortho intramolecular Hbond substituents is 1. The van der Waals surface area contributed by atoms with Crippen molar-refractivity contribution in [2.45, 2.75) is 12.1 Å². The second-order valence-corrected chi connectivity index (χ2v) is 5.72. The van der Waals surface area contributed by atoms with Gasteiger partial charge in [0.2, 0.25) is 5.91 Å². The number of rotatable bonds is 7. The van der Waals surface area contributed by atoms with Crippen LogP contribution in [0.3, 0.4) is 0 Å². The fourth-order valence-corrected chi connectivity index (χ4v) is 2.61. The Bertz CT molecular complexity index is 715. The molecule has 1 aromatic heterocycles. The average Bonchev–Trinajstić information content (AvgIpc) is 2.93. The number of nitrogens with zero attached hydrogens (tertiary/aromatic N) is 3. The normalized spacial score (nSPS) is 10.4. The molecule has 0 aliphatic carbocycles. The first-order valence-electron chi connectivity index (χ1n) is 7.25. The number of ether oxygens (including phenoxy) is 1. The van der Waals surface area contributed by atoms with Gasteiger partial charge in [-0.25, -0.2) is 0 Å². The van der Waals surface area contributed by atoms with E-state index < -0.39 is 5.97 Å². The third kappa shape index (κ3) is 4.72. The van der Waals surface area contributed by atoms with E-state index in [1.165, 1.54) is 11.8 Å². The number of amides is 1. The van der Waals surface area contributed by atoms with Crippen LogP contribution in [0.4, 0.5) is 0 Å².